The molecule has 3 aromatic rings. The quantitative estimate of drug-likeness (QED) is 0.681. The molecule has 26 heavy (non-hydrogen) atoms. The maximum Gasteiger partial charge on any atom is 0.224 e. The molecular formula is C23H25NO2. The summed E-state index contributed by atoms with van der Waals surface area (Å²) in [5.41, 5.74) is 1.27. The summed E-state index contributed by atoms with van der Waals surface area (Å²) in [4.78, 5) is 12.4. The van der Waals surface area contributed by atoms with Crippen LogP contribution < -0.4 is 5.32 Å². The Morgan fingerprint density at radius 1 is 0.962 bits per heavy atom. The van der Waals surface area contributed by atoms with Gasteiger partial charge >= 0.3 is 0 Å². The summed E-state index contributed by atoms with van der Waals surface area (Å²) in [6.07, 6.45) is 1.70. The largest absolute Gasteiger partial charge is 0.388 e. The van der Waals surface area contributed by atoms with Gasteiger partial charge in [0.05, 0.1) is 12.0 Å². The van der Waals surface area contributed by atoms with Crippen molar-refractivity contribution in [2.45, 2.75) is 31.8 Å². The molecule has 0 aliphatic carbocycles. The van der Waals surface area contributed by atoms with Gasteiger partial charge < -0.3 is 10.4 Å². The van der Waals surface area contributed by atoms with Crippen LogP contribution in [0, 0.1) is 0 Å². The molecule has 3 heteroatoms. The topological polar surface area (TPSA) is 49.3 Å². The molecule has 3 nitrogen and oxygen atoms in total. The third-order valence-electron chi connectivity index (χ3n) is 4.69. The first kappa shape index (κ1) is 18.2. The summed E-state index contributed by atoms with van der Waals surface area (Å²) in [5.74, 6) is -0.0682. The third kappa shape index (κ3) is 4.93. The van der Waals surface area contributed by atoms with E-state index in [1.165, 1.54) is 5.56 Å². The average molecular weight is 347 g/mol. The number of hydrogen-bond acceptors (Lipinski definition) is 2. The Kier molecular flexibility index (Phi) is 5.69. The summed E-state index contributed by atoms with van der Waals surface area (Å²) in [7, 11) is 0. The zero-order valence-corrected chi connectivity index (χ0v) is 15.1. The van der Waals surface area contributed by atoms with Crippen molar-refractivity contribution in [2.75, 3.05) is 6.54 Å². The Hall–Kier alpha value is -2.65. The van der Waals surface area contributed by atoms with E-state index in [0.717, 1.165) is 22.8 Å². The maximum atomic E-state index is 12.4. The van der Waals surface area contributed by atoms with E-state index in [2.05, 4.69) is 17.4 Å². The fourth-order valence-corrected chi connectivity index (χ4v) is 3.12. The van der Waals surface area contributed by atoms with Crippen molar-refractivity contribution in [1.82, 2.24) is 5.32 Å². The van der Waals surface area contributed by atoms with Gasteiger partial charge in [-0.05, 0) is 41.7 Å². The molecule has 0 aliphatic rings. The van der Waals surface area contributed by atoms with Gasteiger partial charge in [0.15, 0.2) is 0 Å². The average Bonchev–Trinajstić information content (AvgIpc) is 2.66. The van der Waals surface area contributed by atoms with Gasteiger partial charge in [0, 0.05) is 6.54 Å². The van der Waals surface area contributed by atoms with E-state index in [9.17, 15) is 9.90 Å². The number of carbonyl (C=O) groups is 1. The molecule has 0 aromatic heterocycles. The van der Waals surface area contributed by atoms with Crippen LogP contribution in [0.15, 0.2) is 72.8 Å². The van der Waals surface area contributed by atoms with Crippen LogP contribution in [0.25, 0.3) is 10.8 Å². The lowest BCUT2D eigenvalue weighted by Crippen LogP contribution is -2.41. The van der Waals surface area contributed by atoms with E-state index in [-0.39, 0.29) is 12.5 Å². The summed E-state index contributed by atoms with van der Waals surface area (Å²) >= 11 is 0. The van der Waals surface area contributed by atoms with E-state index < -0.39 is 5.60 Å². The number of fused-ring (bicyclic) bond motifs is 1. The van der Waals surface area contributed by atoms with Gasteiger partial charge in [-0.3, -0.25) is 4.79 Å². The zero-order valence-electron chi connectivity index (χ0n) is 15.1. The van der Waals surface area contributed by atoms with Crippen molar-refractivity contribution in [3.8, 4) is 0 Å². The van der Waals surface area contributed by atoms with Crippen LogP contribution >= 0.6 is 0 Å². The molecule has 0 aliphatic heterocycles. The second-order valence-electron chi connectivity index (χ2n) is 7.07. The highest BCUT2D eigenvalue weighted by molar-refractivity contribution is 5.90. The van der Waals surface area contributed by atoms with Gasteiger partial charge in [-0.2, -0.15) is 0 Å². The van der Waals surface area contributed by atoms with Crippen LogP contribution in [0.5, 0.6) is 0 Å². The highest BCUT2D eigenvalue weighted by atomic mass is 16.3. The van der Waals surface area contributed by atoms with E-state index >= 15 is 0 Å². The van der Waals surface area contributed by atoms with Gasteiger partial charge in [0.1, 0.15) is 0 Å². The molecule has 0 radical (unpaired) electrons. The molecule has 0 saturated heterocycles. The Morgan fingerprint density at radius 2 is 1.65 bits per heavy atom. The Morgan fingerprint density at radius 3 is 2.46 bits per heavy atom. The second-order valence-corrected chi connectivity index (χ2v) is 7.07. The van der Waals surface area contributed by atoms with Crippen LogP contribution in [0.3, 0.4) is 0 Å². The highest BCUT2D eigenvalue weighted by Gasteiger charge is 2.21. The van der Waals surface area contributed by atoms with E-state index in [0.29, 0.717) is 12.8 Å². The van der Waals surface area contributed by atoms with Crippen molar-refractivity contribution >= 4 is 16.7 Å². The first-order chi connectivity index (χ1) is 12.5. The van der Waals surface area contributed by atoms with Crippen molar-refractivity contribution in [3.05, 3.63) is 83.9 Å². The molecule has 3 aromatic carbocycles. The van der Waals surface area contributed by atoms with Gasteiger partial charge in [-0.1, -0.05) is 72.8 Å². The van der Waals surface area contributed by atoms with Crippen LogP contribution in [0.1, 0.15) is 24.5 Å². The molecule has 0 saturated carbocycles. The van der Waals surface area contributed by atoms with Crippen LogP contribution in [0.2, 0.25) is 0 Å². The predicted molar refractivity (Wildman–Crippen MR) is 106 cm³/mol. The molecular weight excluding hydrogens is 322 g/mol. The number of carbonyl (C=O) groups excluding carboxylic acids is 1. The van der Waals surface area contributed by atoms with Crippen molar-refractivity contribution in [1.29, 1.82) is 0 Å². The molecule has 0 bridgehead atoms. The minimum Gasteiger partial charge on any atom is -0.388 e. The standard InChI is InChI=1S/C23H25NO2/c1-23(26,15-14-18-8-3-2-4-9-18)17-24-22(25)16-20-12-7-11-19-10-5-6-13-21(19)20/h2-13,26H,14-17H2,1H3,(H,24,25)/t23-/m1/s1. The van der Waals surface area contributed by atoms with Crippen LogP contribution in [0.4, 0.5) is 0 Å². The number of benzene rings is 3. The fourth-order valence-electron chi connectivity index (χ4n) is 3.12. The summed E-state index contributed by atoms with van der Waals surface area (Å²) in [6, 6.07) is 24.1. The zero-order chi connectivity index (χ0) is 18.4. The van der Waals surface area contributed by atoms with E-state index in [4.69, 9.17) is 0 Å². The Balaban J connectivity index is 1.54. The molecule has 0 spiro atoms. The molecule has 0 fully saturated rings. The van der Waals surface area contributed by atoms with Crippen LogP contribution in [-0.4, -0.2) is 23.2 Å². The number of aliphatic hydroxyl groups is 1. The smallest absolute Gasteiger partial charge is 0.224 e. The lowest BCUT2D eigenvalue weighted by Gasteiger charge is -2.24. The maximum absolute atomic E-state index is 12.4. The predicted octanol–water partition coefficient (Wildman–Crippen LogP) is 3.88. The molecule has 2 N–H and O–H groups in total. The summed E-state index contributed by atoms with van der Waals surface area (Å²) < 4.78 is 0. The molecule has 1 atom stereocenters. The number of nitrogens with one attached hydrogen (secondary N) is 1. The molecule has 3 rings (SSSR count). The lowest BCUT2D eigenvalue weighted by molar-refractivity contribution is -0.121. The number of aryl methyl sites for hydroxylation is 1. The first-order valence-electron chi connectivity index (χ1n) is 9.03. The molecule has 1 amide bonds. The fraction of sp³-hybridized carbons (Fsp3) is 0.261. The Bertz CT molecular complexity index is 866. The minimum absolute atomic E-state index is 0.0682. The summed E-state index contributed by atoms with van der Waals surface area (Å²) in [5, 5.41) is 15.7. The van der Waals surface area contributed by atoms with Crippen molar-refractivity contribution in [2.24, 2.45) is 0 Å². The first-order valence-corrected chi connectivity index (χ1v) is 9.03. The highest BCUT2D eigenvalue weighted by Crippen LogP contribution is 2.19. The van der Waals surface area contributed by atoms with E-state index in [1.54, 1.807) is 6.92 Å². The molecule has 134 valence electrons. The van der Waals surface area contributed by atoms with Crippen molar-refractivity contribution < 1.29 is 9.90 Å². The number of amides is 1. The minimum atomic E-state index is -0.926. The van der Waals surface area contributed by atoms with Gasteiger partial charge in [0.25, 0.3) is 0 Å². The van der Waals surface area contributed by atoms with Gasteiger partial charge in [-0.25, -0.2) is 0 Å². The lowest BCUT2D eigenvalue weighted by atomic mass is 9.96. The number of hydrogen-bond donors (Lipinski definition) is 2. The monoisotopic (exact) mass is 347 g/mol. The third-order valence-corrected chi connectivity index (χ3v) is 4.69. The number of rotatable bonds is 7. The normalized spacial score (nSPS) is 13.3. The van der Waals surface area contributed by atoms with Crippen molar-refractivity contribution in [3.63, 3.8) is 0 Å². The Labute approximate surface area is 154 Å². The summed E-state index contributed by atoms with van der Waals surface area (Å²) in [6.45, 7) is 2.03. The van der Waals surface area contributed by atoms with Gasteiger partial charge in [-0.15, -0.1) is 0 Å². The van der Waals surface area contributed by atoms with Gasteiger partial charge in [0.2, 0.25) is 5.91 Å². The SMILES string of the molecule is C[C@@](O)(CCc1ccccc1)CNC(=O)Cc1cccc2ccccc12. The second kappa shape index (κ2) is 8.15. The molecule has 0 unspecified atom stereocenters. The molecule has 0 heterocycles. The van der Waals surface area contributed by atoms with Crippen LogP contribution in [-0.2, 0) is 17.6 Å². The van der Waals surface area contributed by atoms with E-state index in [1.807, 2.05) is 60.7 Å².